The van der Waals surface area contributed by atoms with Crippen LogP contribution in [0.2, 0.25) is 0 Å². The standard InChI is InChI=1S/C26H31N7O3/c34-25(28-19-21-4-6-22(7-5-21)31-15-17-35-18-16-31)20-36-26-9-8-24(29-30-26)33-13-11-32(12-14-33)23-3-1-2-10-27-23/h1-10H,11-20H2,(H,28,34). The molecule has 1 aromatic carbocycles. The molecule has 0 unspecified atom stereocenters. The van der Waals surface area contributed by atoms with Gasteiger partial charge in [0.05, 0.1) is 13.2 Å². The number of carbonyl (C=O) groups excluding carboxylic acids is 1. The van der Waals surface area contributed by atoms with E-state index in [1.807, 2.05) is 42.6 Å². The molecule has 0 spiro atoms. The number of morpholine rings is 1. The van der Waals surface area contributed by atoms with Crippen LogP contribution in [-0.4, -0.2) is 80.2 Å². The van der Waals surface area contributed by atoms with Gasteiger partial charge in [-0.2, -0.15) is 0 Å². The first kappa shape index (κ1) is 23.8. The van der Waals surface area contributed by atoms with Crippen LogP contribution < -0.4 is 24.8 Å². The number of rotatable bonds is 8. The van der Waals surface area contributed by atoms with E-state index in [0.717, 1.165) is 69.7 Å². The topological polar surface area (TPSA) is 96.0 Å². The molecule has 4 heterocycles. The van der Waals surface area contributed by atoms with Gasteiger partial charge >= 0.3 is 0 Å². The zero-order valence-corrected chi connectivity index (χ0v) is 20.3. The lowest BCUT2D eigenvalue weighted by Crippen LogP contribution is -2.47. The molecule has 10 nitrogen and oxygen atoms in total. The number of pyridine rings is 1. The normalized spacial score (nSPS) is 16.1. The smallest absolute Gasteiger partial charge is 0.258 e. The fourth-order valence-corrected chi connectivity index (χ4v) is 4.30. The van der Waals surface area contributed by atoms with Gasteiger partial charge in [0, 0.05) is 63.8 Å². The molecule has 2 aliphatic heterocycles. The summed E-state index contributed by atoms with van der Waals surface area (Å²) in [5.41, 5.74) is 2.21. The van der Waals surface area contributed by atoms with Gasteiger partial charge in [-0.3, -0.25) is 4.79 Å². The minimum absolute atomic E-state index is 0.108. The van der Waals surface area contributed by atoms with E-state index in [0.29, 0.717) is 12.4 Å². The SMILES string of the molecule is O=C(COc1ccc(N2CCN(c3ccccn3)CC2)nn1)NCc1ccc(N2CCOCC2)cc1. The summed E-state index contributed by atoms with van der Waals surface area (Å²) in [6.07, 6.45) is 1.82. The highest BCUT2D eigenvalue weighted by Gasteiger charge is 2.19. The maximum Gasteiger partial charge on any atom is 0.258 e. The predicted molar refractivity (Wildman–Crippen MR) is 138 cm³/mol. The second kappa shape index (κ2) is 11.7. The molecule has 5 rings (SSSR count). The Morgan fingerprint density at radius 1 is 0.833 bits per heavy atom. The molecule has 36 heavy (non-hydrogen) atoms. The molecule has 0 aliphatic carbocycles. The number of benzene rings is 1. The second-order valence-corrected chi connectivity index (χ2v) is 8.72. The number of aromatic nitrogens is 3. The molecule has 188 valence electrons. The molecule has 0 radical (unpaired) electrons. The van der Waals surface area contributed by atoms with E-state index in [1.165, 1.54) is 5.69 Å². The highest BCUT2D eigenvalue weighted by Crippen LogP contribution is 2.19. The third-order valence-electron chi connectivity index (χ3n) is 6.36. The van der Waals surface area contributed by atoms with Crippen LogP contribution in [0.25, 0.3) is 0 Å². The van der Waals surface area contributed by atoms with Crippen LogP contribution >= 0.6 is 0 Å². The maximum atomic E-state index is 12.2. The highest BCUT2D eigenvalue weighted by molar-refractivity contribution is 5.77. The van der Waals surface area contributed by atoms with E-state index in [2.05, 4.69) is 47.3 Å². The number of carbonyl (C=O) groups is 1. The number of hydrogen-bond donors (Lipinski definition) is 1. The van der Waals surface area contributed by atoms with Crippen molar-refractivity contribution in [1.29, 1.82) is 0 Å². The van der Waals surface area contributed by atoms with Crippen LogP contribution in [-0.2, 0) is 16.1 Å². The molecule has 2 fully saturated rings. The minimum Gasteiger partial charge on any atom is -0.466 e. The Balaban J connectivity index is 1.03. The van der Waals surface area contributed by atoms with Crippen molar-refractivity contribution >= 4 is 23.2 Å². The first-order valence-corrected chi connectivity index (χ1v) is 12.3. The van der Waals surface area contributed by atoms with Crippen molar-refractivity contribution < 1.29 is 14.3 Å². The van der Waals surface area contributed by atoms with Crippen molar-refractivity contribution in [2.75, 3.05) is 73.8 Å². The van der Waals surface area contributed by atoms with Crippen LogP contribution in [0.4, 0.5) is 17.3 Å². The zero-order chi connectivity index (χ0) is 24.6. The van der Waals surface area contributed by atoms with Gasteiger partial charge in [-0.05, 0) is 35.9 Å². The maximum absolute atomic E-state index is 12.2. The van der Waals surface area contributed by atoms with Gasteiger partial charge in [-0.15, -0.1) is 10.2 Å². The van der Waals surface area contributed by atoms with Crippen LogP contribution in [0.1, 0.15) is 5.56 Å². The second-order valence-electron chi connectivity index (χ2n) is 8.72. The molecule has 0 saturated carbocycles. The molecular weight excluding hydrogens is 458 g/mol. The molecule has 0 bridgehead atoms. The third kappa shape index (κ3) is 6.19. The third-order valence-corrected chi connectivity index (χ3v) is 6.36. The summed E-state index contributed by atoms with van der Waals surface area (Å²) in [7, 11) is 0. The van der Waals surface area contributed by atoms with Gasteiger partial charge in [-0.1, -0.05) is 18.2 Å². The van der Waals surface area contributed by atoms with Crippen LogP contribution in [0, 0.1) is 0 Å². The van der Waals surface area contributed by atoms with E-state index in [-0.39, 0.29) is 12.5 Å². The number of nitrogens with zero attached hydrogens (tertiary/aromatic N) is 6. The zero-order valence-electron chi connectivity index (χ0n) is 20.3. The largest absolute Gasteiger partial charge is 0.466 e. The van der Waals surface area contributed by atoms with Gasteiger partial charge in [0.25, 0.3) is 5.91 Å². The summed E-state index contributed by atoms with van der Waals surface area (Å²) < 4.78 is 10.9. The van der Waals surface area contributed by atoms with Gasteiger partial charge in [-0.25, -0.2) is 4.98 Å². The number of anilines is 3. The molecule has 0 atom stereocenters. The first-order chi connectivity index (χ1) is 17.7. The summed E-state index contributed by atoms with van der Waals surface area (Å²) in [6, 6.07) is 17.8. The van der Waals surface area contributed by atoms with E-state index >= 15 is 0 Å². The Morgan fingerprint density at radius 3 is 2.25 bits per heavy atom. The lowest BCUT2D eigenvalue weighted by atomic mass is 10.2. The quantitative estimate of drug-likeness (QED) is 0.507. The molecule has 2 aliphatic rings. The fourth-order valence-electron chi connectivity index (χ4n) is 4.30. The minimum atomic E-state index is -0.205. The van der Waals surface area contributed by atoms with E-state index in [1.54, 1.807) is 6.07 Å². The van der Waals surface area contributed by atoms with E-state index < -0.39 is 0 Å². The average molecular weight is 490 g/mol. The highest BCUT2D eigenvalue weighted by atomic mass is 16.5. The van der Waals surface area contributed by atoms with E-state index in [9.17, 15) is 4.79 Å². The van der Waals surface area contributed by atoms with Gasteiger partial charge in [0.15, 0.2) is 12.4 Å². The molecule has 10 heteroatoms. The Hall–Kier alpha value is -3.92. The van der Waals surface area contributed by atoms with Gasteiger partial charge < -0.3 is 29.5 Å². The summed E-state index contributed by atoms with van der Waals surface area (Å²) in [6.45, 7) is 7.06. The number of piperazine rings is 1. The fraction of sp³-hybridized carbons (Fsp3) is 0.385. The number of amides is 1. The van der Waals surface area contributed by atoms with Crippen molar-refractivity contribution in [3.63, 3.8) is 0 Å². The van der Waals surface area contributed by atoms with Crippen molar-refractivity contribution in [2.45, 2.75) is 6.54 Å². The molecule has 2 saturated heterocycles. The number of hydrogen-bond acceptors (Lipinski definition) is 9. The Bertz CT molecular complexity index is 1100. The van der Waals surface area contributed by atoms with Crippen LogP contribution in [0.3, 0.4) is 0 Å². The van der Waals surface area contributed by atoms with Crippen LogP contribution in [0.15, 0.2) is 60.8 Å². The van der Waals surface area contributed by atoms with Crippen molar-refractivity contribution in [3.8, 4) is 5.88 Å². The molecule has 3 aromatic rings. The van der Waals surface area contributed by atoms with E-state index in [4.69, 9.17) is 9.47 Å². The summed E-state index contributed by atoms with van der Waals surface area (Å²) in [5, 5.41) is 11.3. The summed E-state index contributed by atoms with van der Waals surface area (Å²) in [4.78, 5) is 23.4. The number of nitrogens with one attached hydrogen (secondary N) is 1. The number of ether oxygens (including phenoxy) is 2. The van der Waals surface area contributed by atoms with Crippen molar-refractivity contribution in [2.24, 2.45) is 0 Å². The molecular formula is C26H31N7O3. The van der Waals surface area contributed by atoms with Crippen molar-refractivity contribution in [3.05, 3.63) is 66.4 Å². The Labute approximate surface area is 210 Å². The Morgan fingerprint density at radius 2 is 1.58 bits per heavy atom. The molecule has 2 aromatic heterocycles. The lowest BCUT2D eigenvalue weighted by Gasteiger charge is -2.35. The Kier molecular flexibility index (Phi) is 7.72. The summed E-state index contributed by atoms with van der Waals surface area (Å²) >= 11 is 0. The van der Waals surface area contributed by atoms with Crippen LogP contribution in [0.5, 0.6) is 5.88 Å². The average Bonchev–Trinajstić information content (AvgIpc) is 2.96. The monoisotopic (exact) mass is 489 g/mol. The molecule has 1 N–H and O–H groups in total. The van der Waals surface area contributed by atoms with Crippen molar-refractivity contribution in [1.82, 2.24) is 20.5 Å². The first-order valence-electron chi connectivity index (χ1n) is 12.3. The molecule has 1 amide bonds. The predicted octanol–water partition coefficient (Wildman–Crippen LogP) is 1.73. The van der Waals surface area contributed by atoms with Gasteiger partial charge in [0.2, 0.25) is 5.88 Å². The lowest BCUT2D eigenvalue weighted by molar-refractivity contribution is -0.123. The van der Waals surface area contributed by atoms with Gasteiger partial charge in [0.1, 0.15) is 5.82 Å². The summed E-state index contributed by atoms with van der Waals surface area (Å²) in [5.74, 6) is 1.92.